The second-order valence-electron chi connectivity index (χ2n) is 9.28. The molecule has 0 saturated carbocycles. The number of para-hydroxylation sites is 1. The predicted molar refractivity (Wildman–Crippen MR) is 130 cm³/mol. The fourth-order valence-corrected chi connectivity index (χ4v) is 8.49. The zero-order chi connectivity index (χ0) is 23.8. The zero-order valence-electron chi connectivity index (χ0n) is 19.1. The maximum atomic E-state index is 13.8. The number of fused-ring (bicyclic) bond motifs is 1. The number of thioether (sulfide) groups is 1. The molecule has 0 aliphatic carbocycles. The Balaban J connectivity index is 1.70. The third kappa shape index (κ3) is 4.04. The van der Waals surface area contributed by atoms with E-state index >= 15 is 0 Å². The van der Waals surface area contributed by atoms with E-state index in [1.165, 1.54) is 0 Å². The molecule has 180 valence electrons. The minimum Gasteiger partial charge on any atom is -0.396 e. The van der Waals surface area contributed by atoms with Crippen molar-refractivity contribution in [2.24, 2.45) is 17.8 Å². The summed E-state index contributed by atoms with van der Waals surface area (Å²) < 4.78 is -0.652. The molecule has 7 nitrogen and oxygen atoms in total. The molecule has 3 unspecified atom stereocenters. The lowest BCUT2D eigenvalue weighted by molar-refractivity contribution is -0.139. The highest BCUT2D eigenvalue weighted by Crippen LogP contribution is 2.68. The maximum absolute atomic E-state index is 13.8. The molecule has 33 heavy (non-hydrogen) atoms. The Labute approximate surface area is 204 Å². The van der Waals surface area contributed by atoms with Crippen LogP contribution >= 0.6 is 23.4 Å². The molecule has 3 aliphatic rings. The quantitative estimate of drug-likeness (QED) is 0.459. The number of carbonyl (C=O) groups excluding carboxylic acids is 3. The second-order valence-corrected chi connectivity index (χ2v) is 11.2. The van der Waals surface area contributed by atoms with Crippen LogP contribution in [0.25, 0.3) is 0 Å². The molecule has 3 fully saturated rings. The van der Waals surface area contributed by atoms with E-state index in [1.807, 2.05) is 6.92 Å². The number of carbonyl (C=O) groups is 3. The number of likely N-dealkylation sites (tertiary alicyclic amines) is 1. The second kappa shape index (κ2) is 9.84. The smallest absolute Gasteiger partial charge is 0.248 e. The fourth-order valence-electron chi connectivity index (χ4n) is 5.88. The van der Waals surface area contributed by atoms with Gasteiger partial charge in [-0.3, -0.25) is 14.4 Å². The average molecular weight is 494 g/mol. The van der Waals surface area contributed by atoms with Crippen LogP contribution in [0.3, 0.4) is 0 Å². The summed E-state index contributed by atoms with van der Waals surface area (Å²) in [4.78, 5) is 42.3. The van der Waals surface area contributed by atoms with Crippen molar-refractivity contribution in [1.82, 2.24) is 10.2 Å². The van der Waals surface area contributed by atoms with Crippen LogP contribution in [0.1, 0.15) is 39.5 Å². The summed E-state index contributed by atoms with van der Waals surface area (Å²) in [6, 6.07) is 6.35. The van der Waals surface area contributed by atoms with Crippen molar-refractivity contribution in [2.45, 2.75) is 55.6 Å². The van der Waals surface area contributed by atoms with Crippen molar-refractivity contribution in [3.8, 4) is 0 Å². The van der Waals surface area contributed by atoms with Gasteiger partial charge in [0, 0.05) is 24.9 Å². The minimum atomic E-state index is -0.695. The van der Waals surface area contributed by atoms with Crippen LogP contribution in [0.15, 0.2) is 24.3 Å². The molecule has 4 rings (SSSR count). The minimum absolute atomic E-state index is 0.0287. The fraction of sp³-hybridized carbons (Fsp3) is 0.625. The normalized spacial score (nSPS) is 32.2. The highest BCUT2D eigenvalue weighted by molar-refractivity contribution is 8.02. The van der Waals surface area contributed by atoms with Crippen molar-refractivity contribution >= 4 is 46.8 Å². The van der Waals surface area contributed by atoms with Crippen molar-refractivity contribution in [3.63, 3.8) is 0 Å². The molecule has 3 aliphatic heterocycles. The molecule has 1 aromatic rings. The van der Waals surface area contributed by atoms with Crippen LogP contribution in [0.2, 0.25) is 5.02 Å². The van der Waals surface area contributed by atoms with Crippen molar-refractivity contribution in [3.05, 3.63) is 29.3 Å². The van der Waals surface area contributed by atoms with Gasteiger partial charge in [0.2, 0.25) is 17.7 Å². The third-order valence-electron chi connectivity index (χ3n) is 7.28. The SMILES string of the molecule is CCCNC(=O)[C@@H]1[C@H]2C(=O)N(CCCCO)C(C(=O)Nc3ccccc3Cl)C23S[C@@H]1CC3C. The van der Waals surface area contributed by atoms with E-state index in [0.717, 1.165) is 12.8 Å². The van der Waals surface area contributed by atoms with Gasteiger partial charge in [-0.15, -0.1) is 11.8 Å². The Morgan fingerprint density at radius 3 is 2.73 bits per heavy atom. The molecule has 2 bridgehead atoms. The molecule has 3 amide bonds. The zero-order valence-corrected chi connectivity index (χ0v) is 20.6. The number of nitrogens with one attached hydrogen (secondary N) is 2. The first kappa shape index (κ1) is 24.4. The summed E-state index contributed by atoms with van der Waals surface area (Å²) in [6.45, 7) is 5.08. The Morgan fingerprint density at radius 2 is 2.03 bits per heavy atom. The molecular formula is C24H32ClN3O4S. The molecule has 6 atom stereocenters. The van der Waals surface area contributed by atoms with Gasteiger partial charge in [-0.1, -0.05) is 37.6 Å². The summed E-state index contributed by atoms with van der Waals surface area (Å²) >= 11 is 7.95. The Hall–Kier alpha value is -1.77. The summed E-state index contributed by atoms with van der Waals surface area (Å²) in [5.41, 5.74) is 0.509. The third-order valence-corrected chi connectivity index (χ3v) is 9.69. The number of unbranched alkanes of at least 4 members (excludes halogenated alkanes) is 1. The summed E-state index contributed by atoms with van der Waals surface area (Å²) in [7, 11) is 0. The lowest BCUT2D eigenvalue weighted by Gasteiger charge is -2.38. The summed E-state index contributed by atoms with van der Waals surface area (Å²) in [5, 5.41) is 15.7. The number of rotatable bonds is 9. The molecule has 3 heterocycles. The Kier molecular flexibility index (Phi) is 7.26. The van der Waals surface area contributed by atoms with E-state index in [2.05, 4.69) is 17.6 Å². The standard InChI is InChI=1S/C24H32ClN3O4S/c1-3-10-26-21(30)18-17-13-14(2)24(33-17)19(18)23(32)28(11-6-7-12-29)20(24)22(31)27-16-9-5-4-8-15(16)25/h4-5,8-9,14,17-20,29H,3,6-7,10-13H2,1-2H3,(H,26,30)(H,27,31)/t14?,17-,18+,19+,20?,24?/m1/s1. The highest BCUT2D eigenvalue weighted by atomic mass is 35.5. The number of halogens is 1. The molecule has 0 radical (unpaired) electrons. The lowest BCUT2D eigenvalue weighted by atomic mass is 9.66. The molecule has 3 N–H and O–H groups in total. The van der Waals surface area contributed by atoms with Crippen molar-refractivity contribution in [1.29, 1.82) is 0 Å². The number of hydrogen-bond acceptors (Lipinski definition) is 5. The number of benzene rings is 1. The number of hydrogen-bond donors (Lipinski definition) is 3. The van der Waals surface area contributed by atoms with E-state index in [4.69, 9.17) is 11.6 Å². The first-order valence-corrected chi connectivity index (χ1v) is 13.0. The van der Waals surface area contributed by atoms with Crippen LogP contribution in [-0.4, -0.2) is 63.5 Å². The van der Waals surface area contributed by atoms with Crippen molar-refractivity contribution in [2.75, 3.05) is 25.0 Å². The predicted octanol–water partition coefficient (Wildman–Crippen LogP) is 2.91. The number of amides is 3. The highest BCUT2D eigenvalue weighted by Gasteiger charge is 2.75. The van der Waals surface area contributed by atoms with Gasteiger partial charge in [-0.25, -0.2) is 0 Å². The first-order chi connectivity index (χ1) is 15.9. The van der Waals surface area contributed by atoms with Crippen LogP contribution in [0.4, 0.5) is 5.69 Å². The van der Waals surface area contributed by atoms with E-state index in [1.54, 1.807) is 40.9 Å². The topological polar surface area (TPSA) is 98.7 Å². The van der Waals surface area contributed by atoms with Crippen LogP contribution in [0.5, 0.6) is 0 Å². The monoisotopic (exact) mass is 493 g/mol. The first-order valence-electron chi connectivity index (χ1n) is 11.8. The van der Waals surface area contributed by atoms with Gasteiger partial charge in [0.1, 0.15) is 6.04 Å². The maximum Gasteiger partial charge on any atom is 0.248 e. The van der Waals surface area contributed by atoms with E-state index in [0.29, 0.717) is 36.6 Å². The molecule has 1 aromatic carbocycles. The molecular weight excluding hydrogens is 462 g/mol. The number of aliphatic hydroxyl groups is 1. The van der Waals surface area contributed by atoms with Gasteiger partial charge in [0.25, 0.3) is 0 Å². The summed E-state index contributed by atoms with van der Waals surface area (Å²) in [6.07, 6.45) is 2.77. The van der Waals surface area contributed by atoms with E-state index < -0.39 is 22.6 Å². The number of anilines is 1. The van der Waals surface area contributed by atoms with Crippen LogP contribution < -0.4 is 10.6 Å². The van der Waals surface area contributed by atoms with E-state index in [-0.39, 0.29) is 35.5 Å². The van der Waals surface area contributed by atoms with Crippen molar-refractivity contribution < 1.29 is 19.5 Å². The van der Waals surface area contributed by atoms with Gasteiger partial charge in [-0.2, -0.15) is 0 Å². The van der Waals surface area contributed by atoms with E-state index in [9.17, 15) is 19.5 Å². The van der Waals surface area contributed by atoms with Gasteiger partial charge < -0.3 is 20.6 Å². The molecule has 9 heteroatoms. The number of nitrogens with zero attached hydrogens (tertiary/aromatic N) is 1. The van der Waals surface area contributed by atoms with Gasteiger partial charge >= 0.3 is 0 Å². The van der Waals surface area contributed by atoms with Gasteiger partial charge in [0.15, 0.2) is 0 Å². The van der Waals surface area contributed by atoms with Gasteiger partial charge in [-0.05, 0) is 43.7 Å². The molecule has 1 spiro atoms. The van der Waals surface area contributed by atoms with Crippen LogP contribution in [0, 0.1) is 17.8 Å². The van der Waals surface area contributed by atoms with Crippen LogP contribution in [-0.2, 0) is 14.4 Å². The largest absolute Gasteiger partial charge is 0.396 e. The molecule has 3 saturated heterocycles. The Bertz CT molecular complexity index is 931. The van der Waals surface area contributed by atoms with Gasteiger partial charge in [0.05, 0.1) is 27.3 Å². The summed E-state index contributed by atoms with van der Waals surface area (Å²) in [5.74, 6) is -1.30. The molecule has 0 aromatic heterocycles. The number of aliphatic hydroxyl groups excluding tert-OH is 1. The Morgan fingerprint density at radius 1 is 1.27 bits per heavy atom. The lowest BCUT2D eigenvalue weighted by Crippen LogP contribution is -2.55. The average Bonchev–Trinajstić information content (AvgIpc) is 3.38.